The molecule has 0 radical (unpaired) electrons. The maximum atomic E-state index is 5.88. The van der Waals surface area contributed by atoms with Gasteiger partial charge in [0.2, 0.25) is 0 Å². The Labute approximate surface area is 104 Å². The van der Waals surface area contributed by atoms with Crippen molar-refractivity contribution in [3.05, 3.63) is 23.8 Å². The average Bonchev–Trinajstić information content (AvgIpc) is 2.35. The fourth-order valence-electron chi connectivity index (χ4n) is 2.58. The van der Waals surface area contributed by atoms with Crippen LogP contribution in [0.5, 0.6) is 5.75 Å². The lowest BCUT2D eigenvalue weighted by atomic mass is 9.87. The predicted molar refractivity (Wildman–Crippen MR) is 72.3 cm³/mol. The lowest BCUT2D eigenvalue weighted by Gasteiger charge is -2.21. The van der Waals surface area contributed by atoms with Gasteiger partial charge in [0.05, 0.1) is 12.3 Å². The van der Waals surface area contributed by atoms with E-state index in [9.17, 15) is 0 Å². The molecule has 17 heavy (non-hydrogen) atoms. The van der Waals surface area contributed by atoms with Crippen LogP contribution in [-0.2, 0) is 0 Å². The third-order valence-electron chi connectivity index (χ3n) is 3.68. The zero-order valence-corrected chi connectivity index (χ0v) is 10.7. The smallest absolute Gasteiger partial charge is 0.142 e. The Hall–Kier alpha value is -1.18. The minimum absolute atomic E-state index is 0.749. The van der Waals surface area contributed by atoms with Crippen molar-refractivity contribution in [2.45, 2.75) is 45.4 Å². The highest BCUT2D eigenvalue weighted by atomic mass is 16.5. The van der Waals surface area contributed by atoms with Crippen LogP contribution in [0.4, 0.5) is 5.69 Å². The van der Waals surface area contributed by atoms with Crippen LogP contribution < -0.4 is 10.5 Å². The molecule has 2 N–H and O–H groups in total. The van der Waals surface area contributed by atoms with Crippen molar-refractivity contribution >= 4 is 5.69 Å². The number of ether oxygens (including phenoxy) is 1. The summed E-state index contributed by atoms with van der Waals surface area (Å²) in [5.41, 5.74) is 7.83. The second-order valence-electron chi connectivity index (χ2n) is 5.18. The molecule has 0 bridgehead atoms. The van der Waals surface area contributed by atoms with E-state index in [4.69, 9.17) is 10.5 Å². The molecule has 0 saturated heterocycles. The molecule has 0 amide bonds. The van der Waals surface area contributed by atoms with Crippen molar-refractivity contribution in [2.24, 2.45) is 5.92 Å². The first-order chi connectivity index (χ1) is 8.25. The van der Waals surface area contributed by atoms with Gasteiger partial charge in [0.25, 0.3) is 0 Å². The summed E-state index contributed by atoms with van der Waals surface area (Å²) in [6.45, 7) is 2.87. The maximum Gasteiger partial charge on any atom is 0.142 e. The van der Waals surface area contributed by atoms with Crippen molar-refractivity contribution < 1.29 is 4.74 Å². The maximum absolute atomic E-state index is 5.88. The Kier molecular flexibility index (Phi) is 4.29. The Balaban J connectivity index is 1.79. The van der Waals surface area contributed by atoms with E-state index >= 15 is 0 Å². The van der Waals surface area contributed by atoms with Crippen LogP contribution in [0.2, 0.25) is 0 Å². The molecule has 0 aromatic heterocycles. The van der Waals surface area contributed by atoms with Crippen LogP contribution in [0.1, 0.15) is 44.1 Å². The summed E-state index contributed by atoms with van der Waals surface area (Å²) in [7, 11) is 0. The molecule has 2 rings (SSSR count). The van der Waals surface area contributed by atoms with Gasteiger partial charge in [-0.15, -0.1) is 0 Å². The molecule has 0 heterocycles. The fraction of sp³-hybridized carbons (Fsp3) is 0.600. The summed E-state index contributed by atoms with van der Waals surface area (Å²) in [5.74, 6) is 1.72. The molecule has 1 aromatic rings. The van der Waals surface area contributed by atoms with Crippen molar-refractivity contribution in [2.75, 3.05) is 12.3 Å². The first kappa shape index (κ1) is 12.3. The van der Waals surface area contributed by atoms with E-state index in [2.05, 4.69) is 6.92 Å². The summed E-state index contributed by atoms with van der Waals surface area (Å²) in [6, 6.07) is 5.96. The number of rotatable bonds is 4. The third-order valence-corrected chi connectivity index (χ3v) is 3.68. The SMILES string of the molecule is Cc1ccc(N)c(OCCC2CCCCC2)c1. The van der Waals surface area contributed by atoms with Crippen LogP contribution in [0.25, 0.3) is 0 Å². The van der Waals surface area contributed by atoms with Crippen molar-refractivity contribution in [1.29, 1.82) is 0 Å². The number of anilines is 1. The lowest BCUT2D eigenvalue weighted by molar-refractivity contribution is 0.247. The zero-order chi connectivity index (χ0) is 12.1. The Morgan fingerprint density at radius 1 is 1.24 bits per heavy atom. The van der Waals surface area contributed by atoms with Crippen molar-refractivity contribution in [3.63, 3.8) is 0 Å². The molecule has 0 atom stereocenters. The summed E-state index contributed by atoms with van der Waals surface area (Å²) in [5, 5.41) is 0. The molecule has 1 saturated carbocycles. The van der Waals surface area contributed by atoms with Crippen LogP contribution in [-0.4, -0.2) is 6.61 Å². The van der Waals surface area contributed by atoms with E-state index in [1.807, 2.05) is 18.2 Å². The van der Waals surface area contributed by atoms with Gasteiger partial charge < -0.3 is 10.5 Å². The second kappa shape index (κ2) is 5.95. The van der Waals surface area contributed by atoms with Gasteiger partial charge in [0.15, 0.2) is 0 Å². The number of hydrogen-bond acceptors (Lipinski definition) is 2. The van der Waals surface area contributed by atoms with Gasteiger partial charge in [-0.25, -0.2) is 0 Å². The van der Waals surface area contributed by atoms with Gasteiger partial charge in [0.1, 0.15) is 5.75 Å². The van der Waals surface area contributed by atoms with E-state index in [0.29, 0.717) is 0 Å². The molecule has 1 aliphatic rings. The van der Waals surface area contributed by atoms with Crippen molar-refractivity contribution in [3.8, 4) is 5.75 Å². The summed E-state index contributed by atoms with van der Waals surface area (Å²) in [6.07, 6.45) is 8.16. The van der Waals surface area contributed by atoms with E-state index < -0.39 is 0 Å². The molecule has 0 unspecified atom stereocenters. The minimum Gasteiger partial charge on any atom is -0.491 e. The first-order valence-electron chi connectivity index (χ1n) is 6.74. The summed E-state index contributed by atoms with van der Waals surface area (Å²) in [4.78, 5) is 0. The fourth-order valence-corrected chi connectivity index (χ4v) is 2.58. The van der Waals surface area contributed by atoms with Gasteiger partial charge in [0, 0.05) is 0 Å². The van der Waals surface area contributed by atoms with Gasteiger partial charge in [-0.3, -0.25) is 0 Å². The van der Waals surface area contributed by atoms with Crippen LogP contribution in [0.3, 0.4) is 0 Å². The number of benzene rings is 1. The predicted octanol–water partition coefficient (Wildman–Crippen LogP) is 3.93. The van der Waals surface area contributed by atoms with Crippen molar-refractivity contribution in [1.82, 2.24) is 0 Å². The summed E-state index contributed by atoms with van der Waals surface area (Å²) < 4.78 is 5.80. The molecule has 1 aliphatic carbocycles. The van der Waals surface area contributed by atoms with Gasteiger partial charge in [-0.2, -0.15) is 0 Å². The first-order valence-corrected chi connectivity index (χ1v) is 6.74. The van der Waals surface area contributed by atoms with Crippen LogP contribution in [0.15, 0.2) is 18.2 Å². The lowest BCUT2D eigenvalue weighted by Crippen LogP contribution is -2.11. The van der Waals surface area contributed by atoms with Crippen LogP contribution in [0, 0.1) is 12.8 Å². The standard InChI is InChI=1S/C15H23NO/c1-12-7-8-14(16)15(11-12)17-10-9-13-5-3-2-4-6-13/h7-8,11,13H,2-6,9-10,16H2,1H3. The van der Waals surface area contributed by atoms with E-state index in [-0.39, 0.29) is 0 Å². The highest BCUT2D eigenvalue weighted by Crippen LogP contribution is 2.27. The molecule has 2 nitrogen and oxygen atoms in total. The summed E-state index contributed by atoms with van der Waals surface area (Å²) >= 11 is 0. The third kappa shape index (κ3) is 3.65. The Bertz CT molecular complexity index is 356. The van der Waals surface area contributed by atoms with E-state index in [0.717, 1.165) is 24.0 Å². The highest BCUT2D eigenvalue weighted by molar-refractivity contribution is 5.53. The molecule has 2 heteroatoms. The molecule has 0 spiro atoms. The average molecular weight is 233 g/mol. The number of nitrogen functional groups attached to an aromatic ring is 1. The Morgan fingerprint density at radius 2 is 2.00 bits per heavy atom. The molecular formula is C15H23NO. The number of hydrogen-bond donors (Lipinski definition) is 1. The number of aryl methyl sites for hydroxylation is 1. The topological polar surface area (TPSA) is 35.2 Å². The quantitative estimate of drug-likeness (QED) is 0.800. The molecule has 94 valence electrons. The Morgan fingerprint density at radius 3 is 2.76 bits per heavy atom. The molecular weight excluding hydrogens is 210 g/mol. The van der Waals surface area contributed by atoms with Gasteiger partial charge >= 0.3 is 0 Å². The largest absolute Gasteiger partial charge is 0.491 e. The monoisotopic (exact) mass is 233 g/mol. The molecule has 0 aliphatic heterocycles. The highest BCUT2D eigenvalue weighted by Gasteiger charge is 2.13. The van der Waals surface area contributed by atoms with Crippen LogP contribution >= 0.6 is 0 Å². The second-order valence-corrected chi connectivity index (χ2v) is 5.18. The zero-order valence-electron chi connectivity index (χ0n) is 10.7. The molecule has 1 fully saturated rings. The van der Waals surface area contributed by atoms with E-state index in [1.165, 1.54) is 44.1 Å². The number of nitrogens with two attached hydrogens (primary N) is 1. The van der Waals surface area contributed by atoms with Gasteiger partial charge in [-0.1, -0.05) is 38.2 Å². The normalized spacial score (nSPS) is 17.0. The van der Waals surface area contributed by atoms with E-state index in [1.54, 1.807) is 0 Å². The minimum atomic E-state index is 0.749. The molecule has 1 aromatic carbocycles. The van der Waals surface area contributed by atoms with Gasteiger partial charge in [-0.05, 0) is 37.0 Å².